The minimum absolute atomic E-state index is 0.110. The van der Waals surface area contributed by atoms with Crippen molar-refractivity contribution in [3.05, 3.63) is 22.4 Å². The van der Waals surface area contributed by atoms with Crippen molar-refractivity contribution in [3.63, 3.8) is 0 Å². The van der Waals surface area contributed by atoms with Gasteiger partial charge in [0.2, 0.25) is 0 Å². The number of hydrogen-bond donors (Lipinski definition) is 1. The van der Waals surface area contributed by atoms with E-state index >= 15 is 0 Å². The fourth-order valence-electron chi connectivity index (χ4n) is 2.51. The minimum atomic E-state index is -0.110. The van der Waals surface area contributed by atoms with E-state index in [4.69, 9.17) is 0 Å². The molecule has 1 aromatic heterocycles. The van der Waals surface area contributed by atoms with Gasteiger partial charge in [-0.05, 0) is 48.7 Å². The van der Waals surface area contributed by atoms with Gasteiger partial charge in [0.25, 0.3) is 0 Å². The van der Waals surface area contributed by atoms with Crippen LogP contribution >= 0.6 is 11.3 Å². The Morgan fingerprint density at radius 2 is 2.25 bits per heavy atom. The van der Waals surface area contributed by atoms with Gasteiger partial charge in [0.05, 0.1) is 6.10 Å². The predicted molar refractivity (Wildman–Crippen MR) is 68.9 cm³/mol. The number of thiophene rings is 1. The molecule has 0 aliphatic heterocycles. The van der Waals surface area contributed by atoms with Crippen LogP contribution in [-0.4, -0.2) is 35.7 Å². The highest BCUT2D eigenvalue weighted by Gasteiger charge is 2.26. The molecule has 1 heterocycles. The second-order valence-corrected chi connectivity index (χ2v) is 5.56. The van der Waals surface area contributed by atoms with Crippen molar-refractivity contribution >= 4 is 11.3 Å². The van der Waals surface area contributed by atoms with E-state index in [9.17, 15) is 5.11 Å². The van der Waals surface area contributed by atoms with E-state index in [1.165, 1.54) is 18.4 Å². The van der Waals surface area contributed by atoms with Crippen LogP contribution in [0.5, 0.6) is 0 Å². The smallest absolute Gasteiger partial charge is 0.0695 e. The van der Waals surface area contributed by atoms with Crippen molar-refractivity contribution in [1.82, 2.24) is 4.90 Å². The highest BCUT2D eigenvalue weighted by atomic mass is 32.1. The van der Waals surface area contributed by atoms with E-state index in [1.54, 1.807) is 11.3 Å². The van der Waals surface area contributed by atoms with E-state index in [2.05, 4.69) is 28.8 Å². The van der Waals surface area contributed by atoms with Crippen LogP contribution in [0.3, 0.4) is 0 Å². The summed E-state index contributed by atoms with van der Waals surface area (Å²) >= 11 is 1.76. The summed E-state index contributed by atoms with van der Waals surface area (Å²) in [6.45, 7) is 1.05. The molecule has 1 aliphatic carbocycles. The lowest BCUT2D eigenvalue weighted by Crippen LogP contribution is -2.44. The molecule has 0 bridgehead atoms. The van der Waals surface area contributed by atoms with E-state index in [0.717, 1.165) is 25.8 Å². The Hall–Kier alpha value is -0.380. The second-order valence-electron chi connectivity index (χ2n) is 4.78. The Bertz CT molecular complexity index is 299. The fourth-order valence-corrected chi connectivity index (χ4v) is 3.22. The lowest BCUT2D eigenvalue weighted by Gasteiger charge is -2.35. The van der Waals surface area contributed by atoms with Crippen molar-refractivity contribution < 1.29 is 5.11 Å². The standard InChI is InChI=1S/C13H21NOS/c1-14(8-6-11-7-9-16-10-11)12-4-2-3-5-13(12)15/h7,9-10,12-13,15H,2-6,8H2,1H3. The SMILES string of the molecule is CN(CCc1ccsc1)C1CCCCC1O. The van der Waals surface area contributed by atoms with Crippen LogP contribution in [0.1, 0.15) is 31.2 Å². The predicted octanol–water partition coefficient (Wildman–Crippen LogP) is 2.53. The summed E-state index contributed by atoms with van der Waals surface area (Å²) in [5.41, 5.74) is 1.42. The molecule has 2 nitrogen and oxygen atoms in total. The maximum absolute atomic E-state index is 9.96. The van der Waals surface area contributed by atoms with Crippen LogP contribution in [0.15, 0.2) is 16.8 Å². The van der Waals surface area contributed by atoms with Gasteiger partial charge >= 0.3 is 0 Å². The molecule has 1 N–H and O–H groups in total. The molecular formula is C13H21NOS. The molecule has 1 aromatic rings. The maximum Gasteiger partial charge on any atom is 0.0695 e. The van der Waals surface area contributed by atoms with Crippen molar-refractivity contribution in [2.24, 2.45) is 0 Å². The van der Waals surface area contributed by atoms with E-state index < -0.39 is 0 Å². The van der Waals surface area contributed by atoms with Crippen LogP contribution in [0, 0.1) is 0 Å². The molecule has 3 heteroatoms. The zero-order valence-corrected chi connectivity index (χ0v) is 10.7. The van der Waals surface area contributed by atoms with Crippen molar-refractivity contribution in [2.45, 2.75) is 44.2 Å². The van der Waals surface area contributed by atoms with Gasteiger partial charge in [-0.3, -0.25) is 0 Å². The zero-order valence-electron chi connectivity index (χ0n) is 9.93. The zero-order chi connectivity index (χ0) is 11.4. The first-order valence-corrected chi connectivity index (χ1v) is 7.11. The maximum atomic E-state index is 9.96. The van der Waals surface area contributed by atoms with Crippen LogP contribution in [-0.2, 0) is 6.42 Å². The normalized spacial score (nSPS) is 26.2. The van der Waals surface area contributed by atoms with Crippen molar-refractivity contribution in [1.29, 1.82) is 0 Å². The van der Waals surface area contributed by atoms with Gasteiger partial charge in [0.1, 0.15) is 0 Å². The first-order chi connectivity index (χ1) is 7.77. The average molecular weight is 239 g/mol. The number of aliphatic hydroxyl groups is 1. The summed E-state index contributed by atoms with van der Waals surface area (Å²) in [6.07, 6.45) is 5.58. The number of likely N-dealkylation sites (N-methyl/N-ethyl adjacent to an activating group) is 1. The van der Waals surface area contributed by atoms with E-state index in [-0.39, 0.29) is 6.10 Å². The molecule has 0 aromatic carbocycles. The molecular weight excluding hydrogens is 218 g/mol. The third kappa shape index (κ3) is 3.06. The minimum Gasteiger partial charge on any atom is -0.391 e. The second kappa shape index (κ2) is 5.80. The summed E-state index contributed by atoms with van der Waals surface area (Å²) in [5, 5.41) is 14.3. The van der Waals surface area contributed by atoms with E-state index in [1.807, 2.05) is 0 Å². The first-order valence-electron chi connectivity index (χ1n) is 6.17. The van der Waals surface area contributed by atoms with Crippen LogP contribution in [0.2, 0.25) is 0 Å². The monoisotopic (exact) mass is 239 g/mol. The number of aliphatic hydroxyl groups excluding tert-OH is 1. The van der Waals surface area contributed by atoms with E-state index in [0.29, 0.717) is 6.04 Å². The molecule has 90 valence electrons. The summed E-state index contributed by atoms with van der Waals surface area (Å²) in [4.78, 5) is 2.33. The molecule has 0 radical (unpaired) electrons. The Kier molecular flexibility index (Phi) is 4.38. The van der Waals surface area contributed by atoms with Crippen LogP contribution in [0.4, 0.5) is 0 Å². The lowest BCUT2D eigenvalue weighted by atomic mass is 9.91. The van der Waals surface area contributed by atoms with Gasteiger partial charge in [-0.2, -0.15) is 11.3 Å². The summed E-state index contributed by atoms with van der Waals surface area (Å²) < 4.78 is 0. The van der Waals surface area contributed by atoms with Gasteiger partial charge < -0.3 is 10.0 Å². The van der Waals surface area contributed by atoms with Crippen LogP contribution < -0.4 is 0 Å². The topological polar surface area (TPSA) is 23.5 Å². The lowest BCUT2D eigenvalue weighted by molar-refractivity contribution is 0.0327. The van der Waals surface area contributed by atoms with Crippen LogP contribution in [0.25, 0.3) is 0 Å². The molecule has 2 unspecified atom stereocenters. The third-order valence-corrected chi connectivity index (χ3v) is 4.33. The summed E-state index contributed by atoms with van der Waals surface area (Å²) in [7, 11) is 2.14. The Morgan fingerprint density at radius 1 is 1.44 bits per heavy atom. The van der Waals surface area contributed by atoms with Crippen molar-refractivity contribution in [3.8, 4) is 0 Å². The van der Waals surface area contributed by atoms with Crippen molar-refractivity contribution in [2.75, 3.05) is 13.6 Å². The fraction of sp³-hybridized carbons (Fsp3) is 0.692. The number of rotatable bonds is 4. The highest BCUT2D eigenvalue weighted by Crippen LogP contribution is 2.22. The quantitative estimate of drug-likeness (QED) is 0.873. The number of nitrogens with zero attached hydrogens (tertiary/aromatic N) is 1. The molecule has 0 amide bonds. The third-order valence-electron chi connectivity index (χ3n) is 3.59. The Balaban J connectivity index is 1.80. The molecule has 1 saturated carbocycles. The first kappa shape index (κ1) is 12.1. The molecule has 1 fully saturated rings. The van der Waals surface area contributed by atoms with Gasteiger partial charge in [0.15, 0.2) is 0 Å². The molecule has 1 aliphatic rings. The average Bonchev–Trinajstić information content (AvgIpc) is 2.79. The number of hydrogen-bond acceptors (Lipinski definition) is 3. The largest absolute Gasteiger partial charge is 0.391 e. The highest BCUT2D eigenvalue weighted by molar-refractivity contribution is 7.07. The Labute approximate surface area is 102 Å². The molecule has 2 rings (SSSR count). The molecule has 16 heavy (non-hydrogen) atoms. The molecule has 0 spiro atoms. The Morgan fingerprint density at radius 3 is 2.94 bits per heavy atom. The molecule has 0 saturated heterocycles. The summed E-state index contributed by atoms with van der Waals surface area (Å²) in [6, 6.07) is 2.57. The molecule has 2 atom stereocenters. The van der Waals surface area contributed by atoms with Gasteiger partial charge in [-0.25, -0.2) is 0 Å². The van der Waals surface area contributed by atoms with Gasteiger partial charge in [0, 0.05) is 12.6 Å². The summed E-state index contributed by atoms with van der Waals surface area (Å²) in [5.74, 6) is 0. The van der Waals surface area contributed by atoms with Gasteiger partial charge in [-0.1, -0.05) is 12.8 Å². The van der Waals surface area contributed by atoms with Gasteiger partial charge in [-0.15, -0.1) is 0 Å².